The molecule has 1 aliphatic rings. The quantitative estimate of drug-likeness (QED) is 0.604. The second kappa shape index (κ2) is 7.09. The maximum absolute atomic E-state index is 12.1. The van der Waals surface area contributed by atoms with Gasteiger partial charge in [0.25, 0.3) is 0 Å². The molecule has 0 aromatic heterocycles. The van der Waals surface area contributed by atoms with Crippen molar-refractivity contribution in [3.05, 3.63) is 0 Å². The van der Waals surface area contributed by atoms with Crippen LogP contribution in [0.15, 0.2) is 0 Å². The summed E-state index contributed by atoms with van der Waals surface area (Å²) < 4.78 is 4.64. The minimum atomic E-state index is -1.41. The number of piperidine rings is 1. The van der Waals surface area contributed by atoms with Crippen molar-refractivity contribution in [2.45, 2.75) is 44.4 Å². The molecule has 8 nitrogen and oxygen atoms in total. The number of aliphatic carboxylic acids is 1. The number of hydrogen-bond donors (Lipinski definition) is 3. The van der Waals surface area contributed by atoms with Crippen LogP contribution >= 0.6 is 0 Å². The fourth-order valence-electron chi connectivity index (χ4n) is 2.16. The van der Waals surface area contributed by atoms with Crippen LogP contribution in [-0.4, -0.2) is 64.9 Å². The molecule has 3 N–H and O–H groups in total. The second-order valence-corrected chi connectivity index (χ2v) is 4.73. The predicted octanol–water partition coefficient (Wildman–Crippen LogP) is -0.442. The average molecular weight is 288 g/mol. The summed E-state index contributed by atoms with van der Waals surface area (Å²) >= 11 is 0. The zero-order chi connectivity index (χ0) is 15.3. The smallest absolute Gasteiger partial charge is 0.328 e. The lowest BCUT2D eigenvalue weighted by Crippen LogP contribution is -2.57. The topological polar surface area (TPSA) is 116 Å². The van der Waals surface area contributed by atoms with Gasteiger partial charge in [-0.05, 0) is 26.2 Å². The molecule has 0 saturated carbocycles. The van der Waals surface area contributed by atoms with Crippen LogP contribution in [-0.2, 0) is 14.3 Å². The lowest BCUT2D eigenvalue weighted by molar-refractivity contribution is -0.146. The van der Waals surface area contributed by atoms with E-state index in [0.717, 1.165) is 12.8 Å². The Morgan fingerprint density at radius 3 is 2.50 bits per heavy atom. The van der Waals surface area contributed by atoms with Crippen molar-refractivity contribution in [3.8, 4) is 0 Å². The fraction of sp³-hybridized carbons (Fsp3) is 0.750. The van der Waals surface area contributed by atoms with Gasteiger partial charge in [-0.15, -0.1) is 0 Å². The summed E-state index contributed by atoms with van der Waals surface area (Å²) in [6.45, 7) is 1.62. The van der Waals surface area contributed by atoms with E-state index in [0.29, 0.717) is 13.0 Å². The molecule has 20 heavy (non-hydrogen) atoms. The number of likely N-dealkylation sites (tertiary alicyclic amines) is 1. The number of hydrogen-bond acceptors (Lipinski definition) is 5. The van der Waals surface area contributed by atoms with E-state index in [1.54, 1.807) is 0 Å². The molecule has 0 spiro atoms. The van der Waals surface area contributed by atoms with Gasteiger partial charge in [-0.1, -0.05) is 0 Å². The zero-order valence-corrected chi connectivity index (χ0v) is 11.5. The second-order valence-electron chi connectivity index (χ2n) is 4.73. The van der Waals surface area contributed by atoms with Gasteiger partial charge in [-0.3, -0.25) is 0 Å². The van der Waals surface area contributed by atoms with Gasteiger partial charge in [-0.25, -0.2) is 14.4 Å². The molecule has 0 aliphatic carbocycles. The van der Waals surface area contributed by atoms with Gasteiger partial charge in [0.1, 0.15) is 6.04 Å². The minimum absolute atomic E-state index is 0.345. The van der Waals surface area contributed by atoms with Crippen molar-refractivity contribution < 1.29 is 29.3 Å². The summed E-state index contributed by atoms with van der Waals surface area (Å²) in [5, 5.41) is 20.5. The van der Waals surface area contributed by atoms with Crippen molar-refractivity contribution in [2.24, 2.45) is 0 Å². The Bertz CT molecular complexity index is 384. The number of rotatable bonds is 4. The third-order valence-electron chi connectivity index (χ3n) is 3.26. The molecule has 1 heterocycles. The summed E-state index contributed by atoms with van der Waals surface area (Å²) in [5.41, 5.74) is 0. The molecule has 0 radical (unpaired) electrons. The SMILES string of the molecule is COC(=O)C1CCCCN1C(=O)NC(C(=O)O)C(C)O. The summed E-state index contributed by atoms with van der Waals surface area (Å²) in [7, 11) is 1.24. The van der Waals surface area contributed by atoms with Crippen LogP contribution in [0.4, 0.5) is 4.79 Å². The number of carbonyl (C=O) groups excluding carboxylic acids is 2. The third-order valence-corrected chi connectivity index (χ3v) is 3.26. The molecular weight excluding hydrogens is 268 g/mol. The molecule has 1 saturated heterocycles. The summed E-state index contributed by atoms with van der Waals surface area (Å²) in [6, 6.07) is -2.81. The van der Waals surface area contributed by atoms with Gasteiger partial charge in [0.2, 0.25) is 0 Å². The van der Waals surface area contributed by atoms with Gasteiger partial charge >= 0.3 is 18.0 Å². The number of nitrogens with zero attached hydrogens (tertiary/aromatic N) is 1. The number of nitrogens with one attached hydrogen (secondary N) is 1. The van der Waals surface area contributed by atoms with Crippen molar-refractivity contribution >= 4 is 18.0 Å². The van der Waals surface area contributed by atoms with Crippen molar-refractivity contribution in [2.75, 3.05) is 13.7 Å². The lowest BCUT2D eigenvalue weighted by Gasteiger charge is -2.34. The largest absolute Gasteiger partial charge is 0.480 e. The van der Waals surface area contributed by atoms with E-state index in [1.807, 2.05) is 0 Å². The van der Waals surface area contributed by atoms with E-state index in [4.69, 9.17) is 5.11 Å². The Kier molecular flexibility index (Phi) is 5.75. The van der Waals surface area contributed by atoms with Gasteiger partial charge in [0.15, 0.2) is 6.04 Å². The Balaban J connectivity index is 2.77. The summed E-state index contributed by atoms with van der Waals surface area (Å²) in [6.07, 6.45) is 0.764. The first kappa shape index (κ1) is 16.2. The number of aliphatic hydroxyl groups is 1. The highest BCUT2D eigenvalue weighted by Gasteiger charge is 2.35. The fourth-order valence-corrected chi connectivity index (χ4v) is 2.16. The van der Waals surface area contributed by atoms with Crippen LogP contribution in [0.25, 0.3) is 0 Å². The molecule has 0 aromatic carbocycles. The van der Waals surface area contributed by atoms with Gasteiger partial charge in [-0.2, -0.15) is 0 Å². The van der Waals surface area contributed by atoms with Crippen LogP contribution < -0.4 is 5.32 Å². The molecule has 1 rings (SSSR count). The third kappa shape index (κ3) is 3.83. The number of urea groups is 1. The van der Waals surface area contributed by atoms with Crippen LogP contribution in [0.3, 0.4) is 0 Å². The number of amides is 2. The number of esters is 1. The van der Waals surface area contributed by atoms with Gasteiger partial charge < -0.3 is 25.2 Å². The first-order chi connectivity index (χ1) is 9.38. The van der Waals surface area contributed by atoms with Crippen molar-refractivity contribution in [3.63, 3.8) is 0 Å². The first-order valence-corrected chi connectivity index (χ1v) is 6.44. The standard InChI is InChI=1S/C12H20N2O6/c1-7(15)9(10(16)17)13-12(19)14-6-4-3-5-8(14)11(18)20-2/h7-9,15H,3-6H2,1-2H3,(H,13,19)(H,16,17). The first-order valence-electron chi connectivity index (χ1n) is 6.44. The molecule has 0 aromatic rings. The molecule has 2 amide bonds. The number of aliphatic hydroxyl groups excluding tert-OH is 1. The maximum Gasteiger partial charge on any atom is 0.328 e. The van der Waals surface area contributed by atoms with Gasteiger partial charge in [0, 0.05) is 6.54 Å². The highest BCUT2D eigenvalue weighted by molar-refractivity contribution is 5.87. The lowest BCUT2D eigenvalue weighted by atomic mass is 10.0. The number of methoxy groups -OCH3 is 1. The molecule has 8 heteroatoms. The molecular formula is C12H20N2O6. The van der Waals surface area contributed by atoms with E-state index in [2.05, 4.69) is 10.1 Å². The Hall–Kier alpha value is -1.83. The molecule has 3 unspecified atom stereocenters. The van der Waals surface area contributed by atoms with Crippen LogP contribution in [0.5, 0.6) is 0 Å². The van der Waals surface area contributed by atoms with E-state index >= 15 is 0 Å². The van der Waals surface area contributed by atoms with Crippen molar-refractivity contribution in [1.29, 1.82) is 0 Å². The van der Waals surface area contributed by atoms with Crippen molar-refractivity contribution in [1.82, 2.24) is 10.2 Å². The molecule has 1 aliphatic heterocycles. The number of carbonyl (C=O) groups is 3. The molecule has 0 bridgehead atoms. The summed E-state index contributed by atoms with van der Waals surface area (Å²) in [5.74, 6) is -1.86. The highest BCUT2D eigenvalue weighted by Crippen LogP contribution is 2.18. The number of carboxylic acid groups (broad SMARTS) is 1. The van der Waals surface area contributed by atoms with E-state index in [1.165, 1.54) is 18.9 Å². The molecule has 3 atom stereocenters. The monoisotopic (exact) mass is 288 g/mol. The van der Waals surface area contributed by atoms with E-state index in [-0.39, 0.29) is 0 Å². The number of carboxylic acids is 1. The highest BCUT2D eigenvalue weighted by atomic mass is 16.5. The maximum atomic E-state index is 12.1. The van der Waals surface area contributed by atoms with Crippen LogP contribution in [0.2, 0.25) is 0 Å². The molecule has 1 fully saturated rings. The zero-order valence-electron chi connectivity index (χ0n) is 11.5. The number of ether oxygens (including phenoxy) is 1. The van der Waals surface area contributed by atoms with Gasteiger partial charge in [0.05, 0.1) is 13.2 Å². The van der Waals surface area contributed by atoms with Crippen LogP contribution in [0.1, 0.15) is 26.2 Å². The Labute approximate surface area is 116 Å². The normalized spacial score (nSPS) is 21.8. The predicted molar refractivity (Wildman–Crippen MR) is 68.0 cm³/mol. The minimum Gasteiger partial charge on any atom is -0.480 e. The molecule has 114 valence electrons. The van der Waals surface area contributed by atoms with Crippen LogP contribution in [0, 0.1) is 0 Å². The van der Waals surface area contributed by atoms with E-state index < -0.39 is 36.2 Å². The summed E-state index contributed by atoms with van der Waals surface area (Å²) in [4.78, 5) is 35.9. The van der Waals surface area contributed by atoms with E-state index in [9.17, 15) is 19.5 Å². The Morgan fingerprint density at radius 1 is 1.35 bits per heavy atom. The Morgan fingerprint density at radius 2 is 2.00 bits per heavy atom. The average Bonchev–Trinajstić information content (AvgIpc) is 2.42.